The number of rotatable bonds is 4. The maximum atomic E-state index is 13.6. The molecule has 0 radical (unpaired) electrons. The molecule has 1 saturated heterocycles. The molecule has 0 spiro atoms. The molecular formula is C21H18FN3O3. The van der Waals surface area contributed by atoms with Crippen molar-refractivity contribution in [2.75, 3.05) is 16.8 Å². The largest absolute Gasteiger partial charge is 0.322 e. The lowest BCUT2D eigenvalue weighted by Gasteiger charge is -2.48. The Morgan fingerprint density at radius 3 is 2.75 bits per heavy atom. The van der Waals surface area contributed by atoms with Crippen LogP contribution in [-0.2, 0) is 9.59 Å². The number of carbonyl (C=O) groups is 3. The van der Waals surface area contributed by atoms with Crippen molar-refractivity contribution in [3.8, 4) is 0 Å². The molecule has 3 amide bonds. The summed E-state index contributed by atoms with van der Waals surface area (Å²) in [6, 6.07) is 12.2. The van der Waals surface area contributed by atoms with E-state index in [1.54, 1.807) is 30.3 Å². The summed E-state index contributed by atoms with van der Waals surface area (Å²) >= 11 is 0. The first kappa shape index (κ1) is 17.9. The molecule has 2 aromatic carbocycles. The summed E-state index contributed by atoms with van der Waals surface area (Å²) in [4.78, 5) is 42.1. The molecule has 2 heterocycles. The standard InChI is InChI=1S/C21H18FN3O3/c1-2-12-24-19(27)16-8-3-4-9-17(16)25-18(26)10-11-21(24,25)20(28)23-15-7-5-6-14(22)13-15/h2-9,13H,1,10-12H2,(H,23,28). The minimum atomic E-state index is -1.52. The fourth-order valence-corrected chi connectivity index (χ4v) is 3.96. The molecule has 1 N–H and O–H groups in total. The van der Waals surface area contributed by atoms with Gasteiger partial charge in [-0.1, -0.05) is 24.3 Å². The van der Waals surface area contributed by atoms with Gasteiger partial charge in [0.25, 0.3) is 11.8 Å². The molecule has 142 valence electrons. The highest BCUT2D eigenvalue weighted by Gasteiger charge is 2.60. The summed E-state index contributed by atoms with van der Waals surface area (Å²) in [6.07, 6.45) is 1.77. The highest BCUT2D eigenvalue weighted by Crippen LogP contribution is 2.44. The van der Waals surface area contributed by atoms with E-state index in [9.17, 15) is 18.8 Å². The van der Waals surface area contributed by atoms with E-state index < -0.39 is 17.4 Å². The van der Waals surface area contributed by atoms with Crippen molar-refractivity contribution in [1.29, 1.82) is 0 Å². The van der Waals surface area contributed by atoms with Crippen molar-refractivity contribution in [2.45, 2.75) is 18.5 Å². The third-order valence-electron chi connectivity index (χ3n) is 5.13. The van der Waals surface area contributed by atoms with Crippen LogP contribution in [0.5, 0.6) is 0 Å². The van der Waals surface area contributed by atoms with Crippen LogP contribution in [0.15, 0.2) is 61.2 Å². The lowest BCUT2D eigenvalue weighted by molar-refractivity contribution is -0.128. The Morgan fingerprint density at radius 1 is 1.21 bits per heavy atom. The van der Waals surface area contributed by atoms with E-state index in [1.807, 2.05) is 0 Å². The number of anilines is 2. The quantitative estimate of drug-likeness (QED) is 0.831. The number of hydrogen-bond acceptors (Lipinski definition) is 3. The summed E-state index contributed by atoms with van der Waals surface area (Å²) in [5.74, 6) is -1.66. The van der Waals surface area contributed by atoms with Crippen LogP contribution in [0.3, 0.4) is 0 Å². The maximum Gasteiger partial charge on any atom is 0.271 e. The van der Waals surface area contributed by atoms with Gasteiger partial charge >= 0.3 is 0 Å². The fourth-order valence-electron chi connectivity index (χ4n) is 3.96. The van der Waals surface area contributed by atoms with Crippen molar-refractivity contribution in [1.82, 2.24) is 4.90 Å². The Kier molecular flexibility index (Phi) is 4.22. The topological polar surface area (TPSA) is 69.7 Å². The number of halogens is 1. The van der Waals surface area contributed by atoms with Gasteiger partial charge in [-0.3, -0.25) is 19.3 Å². The van der Waals surface area contributed by atoms with E-state index in [-0.39, 0.29) is 36.9 Å². The van der Waals surface area contributed by atoms with E-state index in [0.717, 1.165) is 0 Å². The molecule has 1 unspecified atom stereocenters. The molecule has 0 aromatic heterocycles. The maximum absolute atomic E-state index is 13.6. The highest BCUT2D eigenvalue weighted by atomic mass is 19.1. The molecule has 28 heavy (non-hydrogen) atoms. The lowest BCUT2D eigenvalue weighted by Crippen LogP contribution is -2.69. The van der Waals surface area contributed by atoms with Gasteiger partial charge in [-0.2, -0.15) is 0 Å². The van der Waals surface area contributed by atoms with Crippen LogP contribution in [-0.4, -0.2) is 34.8 Å². The predicted octanol–water partition coefficient (Wildman–Crippen LogP) is 2.93. The molecule has 1 atom stereocenters. The van der Waals surface area contributed by atoms with E-state index in [1.165, 1.54) is 34.1 Å². The van der Waals surface area contributed by atoms with Gasteiger partial charge in [0.15, 0.2) is 0 Å². The molecule has 0 aliphatic carbocycles. The monoisotopic (exact) mass is 379 g/mol. The number of hydrogen-bond donors (Lipinski definition) is 1. The van der Waals surface area contributed by atoms with Crippen molar-refractivity contribution >= 4 is 29.1 Å². The summed E-state index contributed by atoms with van der Waals surface area (Å²) in [7, 11) is 0. The zero-order valence-corrected chi connectivity index (χ0v) is 15.0. The van der Waals surface area contributed by atoms with Crippen molar-refractivity contribution < 1.29 is 18.8 Å². The van der Waals surface area contributed by atoms with Gasteiger partial charge in [-0.25, -0.2) is 4.39 Å². The van der Waals surface area contributed by atoms with Crippen LogP contribution in [0.25, 0.3) is 0 Å². The van der Waals surface area contributed by atoms with Crippen LogP contribution in [0, 0.1) is 5.82 Å². The average Bonchev–Trinajstić information content (AvgIpc) is 3.04. The minimum absolute atomic E-state index is 0.0908. The van der Waals surface area contributed by atoms with E-state index in [2.05, 4.69) is 11.9 Å². The van der Waals surface area contributed by atoms with Gasteiger partial charge in [0, 0.05) is 25.1 Å². The number of nitrogens with zero attached hydrogens (tertiary/aromatic N) is 2. The molecule has 0 bridgehead atoms. The van der Waals surface area contributed by atoms with Crippen LogP contribution >= 0.6 is 0 Å². The Labute approximate surface area is 161 Å². The number of nitrogens with one attached hydrogen (secondary N) is 1. The molecule has 2 aliphatic rings. The molecule has 2 aliphatic heterocycles. The Hall–Kier alpha value is -3.48. The van der Waals surface area contributed by atoms with Crippen LogP contribution in [0.1, 0.15) is 23.2 Å². The Morgan fingerprint density at radius 2 is 2.00 bits per heavy atom. The highest BCUT2D eigenvalue weighted by molar-refractivity contribution is 6.18. The van der Waals surface area contributed by atoms with Gasteiger partial charge in [-0.15, -0.1) is 6.58 Å². The minimum Gasteiger partial charge on any atom is -0.322 e. The second-order valence-corrected chi connectivity index (χ2v) is 6.73. The molecule has 7 heteroatoms. The molecular weight excluding hydrogens is 361 g/mol. The van der Waals surface area contributed by atoms with Crippen molar-refractivity contribution in [3.05, 3.63) is 72.6 Å². The first-order chi connectivity index (χ1) is 13.5. The zero-order valence-electron chi connectivity index (χ0n) is 15.0. The second kappa shape index (κ2) is 6.60. The molecule has 0 saturated carbocycles. The fraction of sp³-hybridized carbons (Fsp3) is 0.190. The SMILES string of the molecule is C=CCN1C(=O)c2ccccc2N2C(=O)CCC12C(=O)Nc1cccc(F)c1. The predicted molar refractivity (Wildman–Crippen MR) is 102 cm³/mol. The van der Waals surface area contributed by atoms with Crippen LogP contribution < -0.4 is 10.2 Å². The second-order valence-electron chi connectivity index (χ2n) is 6.73. The van der Waals surface area contributed by atoms with Gasteiger partial charge < -0.3 is 10.2 Å². The van der Waals surface area contributed by atoms with Crippen molar-refractivity contribution in [3.63, 3.8) is 0 Å². The molecule has 4 rings (SSSR count). The Balaban J connectivity index is 1.85. The number of amides is 3. The number of para-hydroxylation sites is 1. The first-order valence-electron chi connectivity index (χ1n) is 8.91. The lowest BCUT2D eigenvalue weighted by atomic mass is 9.95. The van der Waals surface area contributed by atoms with Gasteiger partial charge in [-0.05, 0) is 30.3 Å². The first-order valence-corrected chi connectivity index (χ1v) is 8.91. The summed E-state index contributed by atoms with van der Waals surface area (Å²) in [6.45, 7) is 3.78. The normalized spacial score (nSPS) is 20.6. The molecule has 2 aromatic rings. The Bertz CT molecular complexity index is 1010. The average molecular weight is 379 g/mol. The van der Waals surface area contributed by atoms with Gasteiger partial charge in [0.05, 0.1) is 11.3 Å². The zero-order chi connectivity index (χ0) is 19.9. The summed E-state index contributed by atoms with van der Waals surface area (Å²) in [5.41, 5.74) is -0.509. The van der Waals surface area contributed by atoms with E-state index in [4.69, 9.17) is 0 Å². The smallest absolute Gasteiger partial charge is 0.271 e. The van der Waals surface area contributed by atoms with Gasteiger partial charge in [0.2, 0.25) is 11.6 Å². The van der Waals surface area contributed by atoms with E-state index >= 15 is 0 Å². The number of fused-ring (bicyclic) bond motifs is 3. The number of benzene rings is 2. The van der Waals surface area contributed by atoms with E-state index in [0.29, 0.717) is 11.3 Å². The molecule has 6 nitrogen and oxygen atoms in total. The third kappa shape index (κ3) is 2.51. The third-order valence-corrected chi connectivity index (χ3v) is 5.13. The van der Waals surface area contributed by atoms with Crippen LogP contribution in [0.4, 0.5) is 15.8 Å². The van der Waals surface area contributed by atoms with Crippen LogP contribution in [0.2, 0.25) is 0 Å². The summed E-state index contributed by atoms with van der Waals surface area (Å²) in [5, 5.41) is 2.67. The van der Waals surface area contributed by atoms with Gasteiger partial charge in [0.1, 0.15) is 5.82 Å². The summed E-state index contributed by atoms with van der Waals surface area (Å²) < 4.78 is 13.6. The van der Waals surface area contributed by atoms with Crippen molar-refractivity contribution in [2.24, 2.45) is 0 Å². The molecule has 1 fully saturated rings. The number of carbonyl (C=O) groups excluding carboxylic acids is 3.